The smallest absolute Gasteiger partial charge is 0.0489 e. The number of hydrogen-bond acceptors (Lipinski definition) is 3. The molecule has 4 aromatic rings. The Morgan fingerprint density at radius 2 is 0.800 bits per heavy atom. The standard InChI is InChI=1S/C26H22OS3/c27-30(19-21-11-15-25(16-12-21)28-23-7-3-1-4-8-23)20-22-13-17-26(18-14-22)29-24-9-5-2-6-10-24/h1-18H,19-20H2. The minimum Gasteiger partial charge on any atom is -0.259 e. The molecule has 0 aliphatic heterocycles. The zero-order valence-corrected chi connectivity index (χ0v) is 18.9. The fourth-order valence-electron chi connectivity index (χ4n) is 2.98. The van der Waals surface area contributed by atoms with Gasteiger partial charge in [-0.05, 0) is 59.7 Å². The molecule has 0 aliphatic rings. The van der Waals surface area contributed by atoms with Crippen molar-refractivity contribution >= 4 is 34.3 Å². The van der Waals surface area contributed by atoms with Crippen molar-refractivity contribution in [2.75, 3.05) is 0 Å². The highest BCUT2D eigenvalue weighted by Crippen LogP contribution is 2.29. The first-order valence-corrected chi connectivity index (χ1v) is 12.9. The van der Waals surface area contributed by atoms with Gasteiger partial charge >= 0.3 is 0 Å². The minimum atomic E-state index is -0.925. The van der Waals surface area contributed by atoms with Gasteiger partial charge in [-0.25, -0.2) is 0 Å². The quantitative estimate of drug-likeness (QED) is 0.280. The first-order chi connectivity index (χ1) is 14.7. The third-order valence-electron chi connectivity index (χ3n) is 4.46. The third-order valence-corrected chi connectivity index (χ3v) is 7.80. The van der Waals surface area contributed by atoms with Gasteiger partial charge < -0.3 is 0 Å². The SMILES string of the molecule is O=S(Cc1ccc(Sc2ccccc2)cc1)Cc1ccc(Sc2ccccc2)cc1. The lowest BCUT2D eigenvalue weighted by Crippen LogP contribution is -1.99. The lowest BCUT2D eigenvalue weighted by atomic mass is 10.2. The largest absolute Gasteiger partial charge is 0.259 e. The first-order valence-electron chi connectivity index (χ1n) is 9.73. The molecule has 150 valence electrons. The normalized spacial score (nSPS) is 11.0. The van der Waals surface area contributed by atoms with E-state index in [0.29, 0.717) is 11.5 Å². The number of hydrogen-bond donors (Lipinski definition) is 0. The molecule has 0 N–H and O–H groups in total. The summed E-state index contributed by atoms with van der Waals surface area (Å²) in [6.45, 7) is 0. The van der Waals surface area contributed by atoms with E-state index in [-0.39, 0.29) is 0 Å². The van der Waals surface area contributed by atoms with Gasteiger partial charge in [0.05, 0.1) is 0 Å². The molecule has 4 aromatic carbocycles. The van der Waals surface area contributed by atoms with E-state index in [1.54, 1.807) is 23.5 Å². The van der Waals surface area contributed by atoms with Crippen molar-refractivity contribution in [1.82, 2.24) is 0 Å². The Kier molecular flexibility index (Phi) is 7.46. The lowest BCUT2D eigenvalue weighted by molar-refractivity contribution is 0.682. The Labute approximate surface area is 189 Å². The molecule has 4 rings (SSSR count). The van der Waals surface area contributed by atoms with Crippen molar-refractivity contribution in [2.24, 2.45) is 0 Å². The van der Waals surface area contributed by atoms with E-state index in [1.165, 1.54) is 19.6 Å². The maximum absolute atomic E-state index is 12.6. The van der Waals surface area contributed by atoms with Crippen LogP contribution in [0.25, 0.3) is 0 Å². The maximum Gasteiger partial charge on any atom is 0.0489 e. The van der Waals surface area contributed by atoms with E-state index < -0.39 is 10.8 Å². The molecule has 0 heterocycles. The van der Waals surface area contributed by atoms with Crippen LogP contribution in [0.2, 0.25) is 0 Å². The van der Waals surface area contributed by atoms with E-state index >= 15 is 0 Å². The highest BCUT2D eigenvalue weighted by Gasteiger charge is 2.05. The third kappa shape index (κ3) is 6.36. The first kappa shape index (κ1) is 21.0. The predicted octanol–water partition coefficient (Wildman–Crippen LogP) is 7.44. The van der Waals surface area contributed by atoms with E-state index in [0.717, 1.165) is 11.1 Å². The molecule has 0 fully saturated rings. The van der Waals surface area contributed by atoms with Crippen LogP contribution in [0.15, 0.2) is 129 Å². The monoisotopic (exact) mass is 446 g/mol. The molecule has 0 saturated carbocycles. The van der Waals surface area contributed by atoms with Crippen LogP contribution in [0, 0.1) is 0 Å². The van der Waals surface area contributed by atoms with Crippen LogP contribution in [0.5, 0.6) is 0 Å². The molecule has 0 bridgehead atoms. The van der Waals surface area contributed by atoms with Gasteiger partial charge in [0.15, 0.2) is 0 Å². The second kappa shape index (κ2) is 10.7. The molecule has 0 saturated heterocycles. The fraction of sp³-hybridized carbons (Fsp3) is 0.0769. The molecule has 1 nitrogen and oxygen atoms in total. The second-order valence-electron chi connectivity index (χ2n) is 6.85. The zero-order chi connectivity index (χ0) is 20.6. The van der Waals surface area contributed by atoms with Crippen molar-refractivity contribution in [3.05, 3.63) is 120 Å². The molecular formula is C26H22OS3. The summed E-state index contributed by atoms with van der Waals surface area (Å²) in [7, 11) is -0.925. The summed E-state index contributed by atoms with van der Waals surface area (Å²) in [6.07, 6.45) is 0. The van der Waals surface area contributed by atoms with E-state index in [9.17, 15) is 4.21 Å². The van der Waals surface area contributed by atoms with Gasteiger partial charge in [0, 0.05) is 41.9 Å². The van der Waals surface area contributed by atoms with Crippen LogP contribution in [-0.4, -0.2) is 4.21 Å². The fourth-order valence-corrected chi connectivity index (χ4v) is 5.89. The Morgan fingerprint density at radius 1 is 0.467 bits per heavy atom. The van der Waals surface area contributed by atoms with Crippen LogP contribution < -0.4 is 0 Å². The molecule has 0 amide bonds. The van der Waals surface area contributed by atoms with Gasteiger partial charge in [0.2, 0.25) is 0 Å². The van der Waals surface area contributed by atoms with Gasteiger partial charge in [0.1, 0.15) is 0 Å². The minimum absolute atomic E-state index is 0.580. The summed E-state index contributed by atoms with van der Waals surface area (Å²) >= 11 is 3.48. The Balaban J connectivity index is 1.30. The topological polar surface area (TPSA) is 17.1 Å². The molecule has 0 radical (unpaired) electrons. The molecule has 0 aromatic heterocycles. The van der Waals surface area contributed by atoms with Crippen LogP contribution in [-0.2, 0) is 22.3 Å². The predicted molar refractivity (Wildman–Crippen MR) is 130 cm³/mol. The summed E-state index contributed by atoms with van der Waals surface area (Å²) in [5.74, 6) is 1.16. The summed E-state index contributed by atoms with van der Waals surface area (Å²) < 4.78 is 12.6. The molecule has 4 heteroatoms. The highest BCUT2D eigenvalue weighted by atomic mass is 32.2. The van der Waals surface area contributed by atoms with E-state index in [1.807, 2.05) is 36.4 Å². The second-order valence-corrected chi connectivity index (χ2v) is 10.6. The maximum atomic E-state index is 12.6. The van der Waals surface area contributed by atoms with Crippen LogP contribution >= 0.6 is 23.5 Å². The van der Waals surface area contributed by atoms with Crippen LogP contribution in [0.3, 0.4) is 0 Å². The number of benzene rings is 4. The van der Waals surface area contributed by atoms with Gasteiger partial charge in [-0.15, -0.1) is 0 Å². The van der Waals surface area contributed by atoms with Gasteiger partial charge in [-0.3, -0.25) is 4.21 Å². The zero-order valence-electron chi connectivity index (χ0n) is 16.4. The Hall–Kier alpha value is -2.27. The average Bonchev–Trinajstić information content (AvgIpc) is 2.78. The van der Waals surface area contributed by atoms with E-state index in [4.69, 9.17) is 0 Å². The van der Waals surface area contributed by atoms with Crippen LogP contribution in [0.1, 0.15) is 11.1 Å². The van der Waals surface area contributed by atoms with Crippen molar-refractivity contribution in [1.29, 1.82) is 0 Å². The molecule has 0 atom stereocenters. The van der Waals surface area contributed by atoms with Crippen molar-refractivity contribution in [3.63, 3.8) is 0 Å². The van der Waals surface area contributed by atoms with Crippen molar-refractivity contribution < 1.29 is 4.21 Å². The molecule has 0 aliphatic carbocycles. The highest BCUT2D eigenvalue weighted by molar-refractivity contribution is 7.99. The summed E-state index contributed by atoms with van der Waals surface area (Å²) in [5.41, 5.74) is 2.23. The lowest BCUT2D eigenvalue weighted by Gasteiger charge is -2.06. The van der Waals surface area contributed by atoms with Gasteiger partial charge in [0.25, 0.3) is 0 Å². The van der Waals surface area contributed by atoms with Crippen LogP contribution in [0.4, 0.5) is 0 Å². The number of rotatable bonds is 8. The average molecular weight is 447 g/mol. The molecule has 30 heavy (non-hydrogen) atoms. The van der Waals surface area contributed by atoms with Gasteiger partial charge in [-0.1, -0.05) is 84.2 Å². The summed E-state index contributed by atoms with van der Waals surface area (Å²) in [4.78, 5) is 4.84. The summed E-state index contributed by atoms with van der Waals surface area (Å²) in [5, 5.41) is 0. The Bertz CT molecular complexity index is 988. The molecule has 0 spiro atoms. The Morgan fingerprint density at radius 3 is 1.17 bits per heavy atom. The molecular weight excluding hydrogens is 424 g/mol. The molecule has 0 unspecified atom stereocenters. The summed E-state index contributed by atoms with van der Waals surface area (Å²) in [6, 6.07) is 37.5. The van der Waals surface area contributed by atoms with Crippen molar-refractivity contribution in [2.45, 2.75) is 31.1 Å². The van der Waals surface area contributed by atoms with Gasteiger partial charge in [-0.2, -0.15) is 0 Å². The van der Waals surface area contributed by atoms with Crippen molar-refractivity contribution in [3.8, 4) is 0 Å². The van der Waals surface area contributed by atoms with E-state index in [2.05, 4.69) is 72.8 Å².